The molecule has 256 valence electrons. The van der Waals surface area contributed by atoms with E-state index in [-0.39, 0.29) is 35.1 Å². The average molecular weight is 685 g/mol. The average Bonchev–Trinajstić information content (AvgIpc) is 3.17. The van der Waals surface area contributed by atoms with Crippen LogP contribution in [0, 0.1) is 11.8 Å². The first kappa shape index (κ1) is 35.2. The second kappa shape index (κ2) is 15.0. The molecule has 1 aliphatic carbocycles. The van der Waals surface area contributed by atoms with Gasteiger partial charge in [0.25, 0.3) is 5.91 Å². The number of rotatable bonds is 4. The Morgan fingerprint density at radius 3 is 2.79 bits per heavy atom. The van der Waals surface area contributed by atoms with Crippen LogP contribution in [-0.4, -0.2) is 60.9 Å². The van der Waals surface area contributed by atoms with Gasteiger partial charge in [-0.3, -0.25) is 9.52 Å². The number of urea groups is 1. The molecule has 0 aromatic heterocycles. The van der Waals surface area contributed by atoms with Crippen molar-refractivity contribution in [3.63, 3.8) is 0 Å². The summed E-state index contributed by atoms with van der Waals surface area (Å²) in [4.78, 5) is 28.7. The first-order valence-electron chi connectivity index (χ1n) is 16.8. The van der Waals surface area contributed by atoms with Crippen molar-refractivity contribution in [2.75, 3.05) is 37.5 Å². The number of carbonyl (C=O) groups is 2. The molecule has 0 saturated heterocycles. The molecule has 47 heavy (non-hydrogen) atoms. The maximum absolute atomic E-state index is 14.0. The van der Waals surface area contributed by atoms with Crippen molar-refractivity contribution in [2.45, 2.75) is 83.8 Å². The highest BCUT2D eigenvalue weighted by Crippen LogP contribution is 2.45. The minimum Gasteiger partial charge on any atom is -0.490 e. The molecule has 3 aliphatic rings. The first-order chi connectivity index (χ1) is 22.5. The number of benzene rings is 2. The maximum Gasteiger partial charge on any atom is 0.327 e. The van der Waals surface area contributed by atoms with Gasteiger partial charge in [-0.1, -0.05) is 50.1 Å². The molecular weight excluding hydrogens is 636 g/mol. The van der Waals surface area contributed by atoms with Crippen molar-refractivity contribution in [3.8, 4) is 5.75 Å². The van der Waals surface area contributed by atoms with Crippen LogP contribution in [0.4, 0.5) is 10.5 Å². The van der Waals surface area contributed by atoms with Crippen LogP contribution < -0.4 is 19.7 Å². The highest BCUT2D eigenvalue weighted by Gasteiger charge is 2.42. The lowest BCUT2D eigenvalue weighted by molar-refractivity contribution is 0.0694. The lowest BCUT2D eigenvalue weighted by Crippen LogP contribution is -2.47. The fourth-order valence-corrected chi connectivity index (χ4v) is 9.02. The van der Waals surface area contributed by atoms with E-state index in [1.807, 2.05) is 38.1 Å². The Balaban J connectivity index is 1.61. The molecule has 2 heterocycles. The summed E-state index contributed by atoms with van der Waals surface area (Å²) in [5.41, 5.74) is 3.37. The van der Waals surface area contributed by atoms with Crippen LogP contribution in [0.15, 0.2) is 52.9 Å². The van der Waals surface area contributed by atoms with Crippen LogP contribution in [0.25, 0.3) is 0 Å². The molecule has 5 atom stereocenters. The van der Waals surface area contributed by atoms with E-state index in [9.17, 15) is 13.8 Å². The molecule has 3 amide bonds. The molecular formula is C36H49ClN4O5S. The van der Waals surface area contributed by atoms with Gasteiger partial charge in [0.1, 0.15) is 15.7 Å². The Morgan fingerprint density at radius 1 is 1.23 bits per heavy atom. The predicted molar refractivity (Wildman–Crippen MR) is 189 cm³/mol. The summed E-state index contributed by atoms with van der Waals surface area (Å²) in [6.45, 7) is 10.0. The number of aryl methyl sites for hydroxylation is 1. The number of halogens is 1. The number of hydrogen-bond donors (Lipinski definition) is 2. The molecule has 2 bridgehead atoms. The maximum atomic E-state index is 14.0. The number of anilines is 1. The topological polar surface area (TPSA) is 109 Å². The minimum atomic E-state index is -3.41. The molecule has 0 radical (unpaired) electrons. The van der Waals surface area contributed by atoms with Gasteiger partial charge in [0.05, 0.1) is 24.2 Å². The Kier molecular flexibility index (Phi) is 11.2. The van der Waals surface area contributed by atoms with Gasteiger partial charge in [0, 0.05) is 42.2 Å². The number of amides is 3. The quantitative estimate of drug-likeness (QED) is 0.334. The van der Waals surface area contributed by atoms with E-state index in [1.165, 1.54) is 11.1 Å². The molecule has 1 spiro atoms. The smallest absolute Gasteiger partial charge is 0.327 e. The summed E-state index contributed by atoms with van der Waals surface area (Å²) >= 11 is 6.44. The summed E-state index contributed by atoms with van der Waals surface area (Å²) in [5, 5.41) is 3.43. The van der Waals surface area contributed by atoms with Gasteiger partial charge in [-0.25, -0.2) is 9.00 Å². The SMILES string of the molecule is CC[C@H]1CN2C[C@@]3(CCCc4cc(Cl)ccc43)COc3ccc(cc32)C(=O)N=S(=O)(NC(=O)NC(C)C)CCC/C=C/[C@H](OC)[C@@H]1C. The van der Waals surface area contributed by atoms with Crippen LogP contribution in [0.5, 0.6) is 5.75 Å². The summed E-state index contributed by atoms with van der Waals surface area (Å²) in [7, 11) is -1.67. The van der Waals surface area contributed by atoms with E-state index in [0.29, 0.717) is 37.3 Å². The largest absolute Gasteiger partial charge is 0.490 e. The highest BCUT2D eigenvalue weighted by atomic mass is 35.5. The Hall–Kier alpha value is -3.08. The molecule has 1 unspecified atom stereocenters. The zero-order chi connectivity index (χ0) is 33.8. The van der Waals surface area contributed by atoms with Crippen molar-refractivity contribution in [2.24, 2.45) is 16.2 Å². The molecule has 2 aromatic rings. The number of ether oxygens (including phenoxy) is 2. The molecule has 9 nitrogen and oxygen atoms in total. The van der Waals surface area contributed by atoms with Gasteiger partial charge in [-0.15, -0.1) is 4.36 Å². The van der Waals surface area contributed by atoms with E-state index in [2.05, 4.69) is 51.4 Å². The van der Waals surface area contributed by atoms with Gasteiger partial charge in [0.15, 0.2) is 0 Å². The number of fused-ring (bicyclic) bond motifs is 3. The zero-order valence-corrected chi connectivity index (χ0v) is 29.8. The molecule has 0 fully saturated rings. The van der Waals surface area contributed by atoms with Gasteiger partial charge >= 0.3 is 6.03 Å². The van der Waals surface area contributed by atoms with E-state index in [4.69, 9.17) is 21.1 Å². The zero-order valence-electron chi connectivity index (χ0n) is 28.2. The third-order valence-corrected chi connectivity index (χ3v) is 11.9. The molecule has 2 aliphatic heterocycles. The summed E-state index contributed by atoms with van der Waals surface area (Å²) < 4.78 is 33.3. The van der Waals surface area contributed by atoms with Crippen LogP contribution in [-0.2, 0) is 26.5 Å². The third kappa shape index (κ3) is 8.15. The number of carbonyl (C=O) groups excluding carboxylic acids is 2. The normalized spacial score (nSPS) is 28.9. The lowest BCUT2D eigenvalue weighted by atomic mass is 9.70. The van der Waals surface area contributed by atoms with E-state index in [0.717, 1.165) is 42.9 Å². The molecule has 11 heteroatoms. The molecule has 5 rings (SSSR count). The van der Waals surface area contributed by atoms with E-state index >= 15 is 0 Å². The second-order valence-corrected chi connectivity index (χ2v) is 16.1. The molecule has 0 saturated carbocycles. The van der Waals surface area contributed by atoms with Gasteiger partial charge < -0.3 is 19.7 Å². The van der Waals surface area contributed by atoms with Crippen LogP contribution in [0.3, 0.4) is 0 Å². The summed E-state index contributed by atoms with van der Waals surface area (Å²) in [6.07, 6.45) is 9.00. The van der Waals surface area contributed by atoms with Gasteiger partial charge in [-0.05, 0) is 99.2 Å². The predicted octanol–water partition coefficient (Wildman–Crippen LogP) is 7.07. The Bertz CT molecular complexity index is 1620. The number of nitrogens with zero attached hydrogens (tertiary/aromatic N) is 2. The lowest BCUT2D eigenvalue weighted by Gasteiger charge is -2.42. The molecule has 2 N–H and O–H groups in total. The fourth-order valence-electron chi connectivity index (χ4n) is 7.30. The number of methoxy groups -OCH3 is 1. The third-order valence-electron chi connectivity index (χ3n) is 9.82. The van der Waals surface area contributed by atoms with Crippen LogP contribution >= 0.6 is 11.6 Å². The minimum absolute atomic E-state index is 0.0332. The van der Waals surface area contributed by atoms with E-state index < -0.39 is 21.9 Å². The fraction of sp³-hybridized carbons (Fsp3) is 0.556. The summed E-state index contributed by atoms with van der Waals surface area (Å²) in [6, 6.07) is 10.7. The van der Waals surface area contributed by atoms with Crippen molar-refractivity contribution >= 4 is 39.1 Å². The monoisotopic (exact) mass is 684 g/mol. The van der Waals surface area contributed by atoms with Gasteiger partial charge in [-0.2, -0.15) is 0 Å². The van der Waals surface area contributed by atoms with Crippen molar-refractivity contribution in [1.82, 2.24) is 10.0 Å². The Morgan fingerprint density at radius 2 is 2.04 bits per heavy atom. The van der Waals surface area contributed by atoms with Crippen molar-refractivity contribution in [3.05, 3.63) is 70.3 Å². The van der Waals surface area contributed by atoms with Crippen LogP contribution in [0.1, 0.15) is 81.3 Å². The number of nitrogens with one attached hydrogen (secondary N) is 2. The molecule has 2 aromatic carbocycles. The number of hydrogen-bond acceptors (Lipinski definition) is 6. The summed E-state index contributed by atoms with van der Waals surface area (Å²) in [5.74, 6) is 0.565. The van der Waals surface area contributed by atoms with E-state index in [1.54, 1.807) is 13.2 Å². The highest BCUT2D eigenvalue weighted by molar-refractivity contribution is 7.92. The van der Waals surface area contributed by atoms with Crippen molar-refractivity contribution in [1.29, 1.82) is 0 Å². The van der Waals surface area contributed by atoms with Gasteiger partial charge in [0.2, 0.25) is 0 Å². The Labute approximate surface area is 285 Å². The number of allylic oxidation sites excluding steroid dienone is 1. The first-order valence-corrected chi connectivity index (χ1v) is 18.9. The van der Waals surface area contributed by atoms with Crippen LogP contribution in [0.2, 0.25) is 5.02 Å². The standard InChI is InChI=1S/C36H49ClN4O5S/c1-6-26-21-41-22-36(17-10-11-27-19-29(37)14-15-30(27)36)23-46-33-16-13-28(20-31(33)41)34(42)39-47(44,40-35(43)38-24(2)3)18-9-7-8-12-32(45-5)25(26)4/h8,12-16,19-20,24-26,32H,6-7,9-11,17-18,21-23H2,1-5H3,(H2,38,39,40,42,43,44)/b12-8+/t25-,26+,32+,36+,47?/m1/s1. The second-order valence-electron chi connectivity index (χ2n) is 13.6. The van der Waals surface area contributed by atoms with Crippen molar-refractivity contribution < 1.29 is 23.3 Å².